The van der Waals surface area contributed by atoms with E-state index in [4.69, 9.17) is 18.9 Å². The number of likely N-dealkylation sites (tertiary alicyclic amines) is 1. The van der Waals surface area contributed by atoms with Crippen molar-refractivity contribution in [3.05, 3.63) is 60.2 Å². The number of cyclic esters (lactones) is 1. The normalized spacial score (nSPS) is 33.8. The van der Waals surface area contributed by atoms with Crippen LogP contribution in [0.3, 0.4) is 0 Å². The summed E-state index contributed by atoms with van der Waals surface area (Å²) in [6.07, 6.45) is 6.55. The minimum absolute atomic E-state index is 0.0718. The Morgan fingerprint density at radius 3 is 2.55 bits per heavy atom. The first-order valence-electron chi connectivity index (χ1n) is 17.4. The number of amides is 3. The molecule has 0 unspecified atom stereocenters. The number of rotatable bonds is 9. The van der Waals surface area contributed by atoms with Gasteiger partial charge in [0.15, 0.2) is 0 Å². The molecule has 3 fully saturated rings. The third-order valence-corrected chi connectivity index (χ3v) is 10.5. The zero-order valence-corrected chi connectivity index (χ0v) is 28.3. The van der Waals surface area contributed by atoms with Crippen molar-refractivity contribution in [2.45, 2.75) is 62.1 Å². The summed E-state index contributed by atoms with van der Waals surface area (Å²) >= 11 is 0. The highest BCUT2D eigenvalue weighted by Gasteiger charge is 2.74. The molecule has 8 atom stereocenters. The summed E-state index contributed by atoms with van der Waals surface area (Å²) in [5.41, 5.74) is -0.762. The molecule has 0 radical (unpaired) electrons. The van der Waals surface area contributed by atoms with Crippen LogP contribution < -0.4 is 5.32 Å². The highest BCUT2D eigenvalue weighted by molar-refractivity contribution is 5.99. The Bertz CT molecular complexity index is 1410. The fourth-order valence-corrected chi connectivity index (χ4v) is 7.94. The second-order valence-electron chi connectivity index (χ2n) is 13.3. The molecule has 0 saturated carbocycles. The first-order valence-corrected chi connectivity index (χ1v) is 17.4. The highest BCUT2D eigenvalue weighted by atomic mass is 16.6. The number of nitrogens with zero attached hydrogens (tertiary/aromatic N) is 3. The Kier molecular flexibility index (Phi) is 11.1. The minimum Gasteiger partial charge on any atom is -0.455 e. The molecule has 3 saturated heterocycles. The average Bonchev–Trinajstić information content (AvgIpc) is 3.76. The quantitative estimate of drug-likeness (QED) is 0.284. The molecule has 5 aliphatic heterocycles. The van der Waals surface area contributed by atoms with E-state index in [-0.39, 0.29) is 38.0 Å². The maximum atomic E-state index is 14.8. The van der Waals surface area contributed by atoms with Crippen LogP contribution in [0.4, 0.5) is 0 Å². The first-order chi connectivity index (χ1) is 23.8. The number of aliphatic hydroxyl groups is 1. The maximum Gasteiger partial charge on any atom is 0.313 e. The molecule has 49 heavy (non-hydrogen) atoms. The lowest BCUT2D eigenvalue weighted by molar-refractivity contribution is -0.163. The van der Waals surface area contributed by atoms with E-state index in [2.05, 4.69) is 10.2 Å². The molecule has 13 heteroatoms. The van der Waals surface area contributed by atoms with E-state index < -0.39 is 59.6 Å². The van der Waals surface area contributed by atoms with Crippen LogP contribution in [0.5, 0.6) is 0 Å². The van der Waals surface area contributed by atoms with Crippen molar-refractivity contribution in [2.75, 3.05) is 66.3 Å². The van der Waals surface area contributed by atoms with Gasteiger partial charge in [0, 0.05) is 46.3 Å². The molecule has 3 amide bonds. The van der Waals surface area contributed by atoms with Crippen LogP contribution in [0, 0.1) is 11.8 Å². The van der Waals surface area contributed by atoms with Crippen LogP contribution in [0.25, 0.3) is 0 Å². The SMILES string of the molecule is CC[C@@H](CO)N1C(=O)[C@H]2[C@@H]3C(=O)O[C@H](c4ccccc4)[C@@H](COC)NC(=O)CC/C=C\CN(CCN4CCOCC4)C(=O)[C@H]1[C@@]21C=C[C@@H]3O1. The average molecular weight is 681 g/mol. The van der Waals surface area contributed by atoms with E-state index in [1.165, 1.54) is 12.0 Å². The van der Waals surface area contributed by atoms with E-state index in [0.717, 1.165) is 13.1 Å². The van der Waals surface area contributed by atoms with Crippen LogP contribution in [0.1, 0.15) is 37.9 Å². The third kappa shape index (κ3) is 6.91. The zero-order chi connectivity index (χ0) is 34.5. The van der Waals surface area contributed by atoms with E-state index in [0.29, 0.717) is 44.7 Å². The Hall–Kier alpha value is -3.62. The molecule has 13 nitrogen and oxygen atoms in total. The second-order valence-corrected chi connectivity index (χ2v) is 13.3. The second kappa shape index (κ2) is 15.5. The van der Waals surface area contributed by atoms with Crippen LogP contribution in [-0.2, 0) is 38.1 Å². The van der Waals surface area contributed by atoms with Gasteiger partial charge in [0.05, 0.1) is 50.5 Å². The number of esters is 1. The number of hydrogen-bond acceptors (Lipinski definition) is 10. The standard InChI is InChI=1S/C36H48N4O9/c1-3-25(22-41)40-32-34(44)39(17-16-38-18-20-47-21-19-38)15-9-5-8-12-28(42)37-26(23-46-2)31(24-10-6-4-7-11-24)48-35(45)29-27-13-14-36(32,49-27)30(29)33(40)43/h4-7,9-11,13-14,25-27,29-32,41H,3,8,12,15-23H2,1-2H3,(H,37,42)/b9-5-/t25-,26+,27-,29+,30+,31+,32-,36+/m0/s1. The van der Waals surface area contributed by atoms with Gasteiger partial charge in [-0.2, -0.15) is 0 Å². The summed E-state index contributed by atoms with van der Waals surface area (Å²) < 4.78 is 23.8. The molecule has 1 spiro atoms. The molecule has 1 aromatic carbocycles. The lowest BCUT2D eigenvalue weighted by Crippen LogP contribution is -2.59. The Balaban J connectivity index is 1.40. The largest absolute Gasteiger partial charge is 0.455 e. The van der Waals surface area contributed by atoms with Gasteiger partial charge in [0.1, 0.15) is 23.7 Å². The van der Waals surface area contributed by atoms with Gasteiger partial charge in [-0.3, -0.25) is 24.1 Å². The fraction of sp³-hybridized carbons (Fsp3) is 0.611. The lowest BCUT2D eigenvalue weighted by atomic mass is 9.74. The van der Waals surface area contributed by atoms with Crippen LogP contribution in [0.2, 0.25) is 0 Å². The Morgan fingerprint density at radius 2 is 1.84 bits per heavy atom. The monoisotopic (exact) mass is 680 g/mol. The number of carbonyl (C=O) groups excluding carboxylic acids is 4. The van der Waals surface area contributed by atoms with Crippen molar-refractivity contribution in [3.63, 3.8) is 0 Å². The Labute approximate surface area is 287 Å². The molecule has 266 valence electrons. The fourth-order valence-electron chi connectivity index (χ4n) is 7.94. The number of hydrogen-bond donors (Lipinski definition) is 2. The number of carbonyl (C=O) groups is 4. The van der Waals surface area contributed by atoms with Gasteiger partial charge < -0.3 is 39.2 Å². The smallest absolute Gasteiger partial charge is 0.313 e. The van der Waals surface area contributed by atoms with Gasteiger partial charge in [-0.15, -0.1) is 0 Å². The number of morpholine rings is 1. The van der Waals surface area contributed by atoms with Crippen molar-refractivity contribution >= 4 is 23.7 Å². The summed E-state index contributed by atoms with van der Waals surface area (Å²) in [6, 6.07) is 6.64. The van der Waals surface area contributed by atoms with Crippen molar-refractivity contribution in [3.8, 4) is 0 Å². The predicted molar refractivity (Wildman–Crippen MR) is 177 cm³/mol. The number of allylic oxidation sites excluding steroid dienone is 1. The van der Waals surface area contributed by atoms with Crippen molar-refractivity contribution in [1.29, 1.82) is 0 Å². The highest BCUT2D eigenvalue weighted by Crippen LogP contribution is 2.56. The Morgan fingerprint density at radius 1 is 1.06 bits per heavy atom. The number of ether oxygens (including phenoxy) is 4. The van der Waals surface area contributed by atoms with Gasteiger partial charge >= 0.3 is 5.97 Å². The van der Waals surface area contributed by atoms with Gasteiger partial charge in [0.25, 0.3) is 0 Å². The molecule has 0 aromatic heterocycles. The van der Waals surface area contributed by atoms with Crippen LogP contribution in [-0.4, -0.2) is 140 Å². The lowest BCUT2D eigenvalue weighted by Gasteiger charge is -2.39. The van der Waals surface area contributed by atoms with Crippen molar-refractivity contribution < 1.29 is 43.2 Å². The summed E-state index contributed by atoms with van der Waals surface area (Å²) in [5, 5.41) is 13.5. The molecule has 2 N–H and O–H groups in total. The minimum atomic E-state index is -1.41. The van der Waals surface area contributed by atoms with Crippen LogP contribution in [0.15, 0.2) is 54.6 Å². The number of nitrogens with one attached hydrogen (secondary N) is 1. The molecular weight excluding hydrogens is 632 g/mol. The molecule has 5 aliphatic rings. The molecule has 5 heterocycles. The first kappa shape index (κ1) is 35.2. The number of methoxy groups -OCH3 is 1. The molecule has 6 rings (SSSR count). The van der Waals surface area contributed by atoms with Gasteiger partial charge in [0.2, 0.25) is 17.7 Å². The molecular formula is C36H48N4O9. The number of aliphatic hydroxyl groups excluding tert-OH is 1. The third-order valence-electron chi connectivity index (χ3n) is 10.5. The molecule has 5 bridgehead atoms. The molecule has 1 aromatic rings. The van der Waals surface area contributed by atoms with E-state index in [1.807, 2.05) is 49.4 Å². The van der Waals surface area contributed by atoms with Gasteiger partial charge in [-0.25, -0.2) is 0 Å². The summed E-state index contributed by atoms with van der Waals surface area (Å²) in [7, 11) is 1.51. The van der Waals surface area contributed by atoms with Gasteiger partial charge in [-0.05, 0) is 18.4 Å². The van der Waals surface area contributed by atoms with Crippen LogP contribution >= 0.6 is 0 Å². The van der Waals surface area contributed by atoms with Crippen molar-refractivity contribution in [2.24, 2.45) is 11.8 Å². The van der Waals surface area contributed by atoms with E-state index in [1.54, 1.807) is 17.1 Å². The van der Waals surface area contributed by atoms with E-state index in [9.17, 15) is 24.3 Å². The molecule has 0 aliphatic carbocycles. The maximum absolute atomic E-state index is 14.8. The number of fused-ring (bicyclic) bond motifs is 2. The number of benzene rings is 1. The van der Waals surface area contributed by atoms with Crippen molar-refractivity contribution in [1.82, 2.24) is 20.0 Å². The predicted octanol–water partition coefficient (Wildman–Crippen LogP) is 0.834. The zero-order valence-electron chi connectivity index (χ0n) is 28.3. The summed E-state index contributed by atoms with van der Waals surface area (Å²) in [6.45, 7) is 5.56. The summed E-state index contributed by atoms with van der Waals surface area (Å²) in [4.78, 5) is 62.4. The topological polar surface area (TPSA) is 147 Å². The van der Waals surface area contributed by atoms with Gasteiger partial charge in [-0.1, -0.05) is 61.6 Å². The van der Waals surface area contributed by atoms with E-state index >= 15 is 0 Å². The summed E-state index contributed by atoms with van der Waals surface area (Å²) in [5.74, 6) is -3.72.